The minimum absolute atomic E-state index is 0.0400. The van der Waals surface area contributed by atoms with E-state index in [1.807, 2.05) is 0 Å². The fourth-order valence-corrected chi connectivity index (χ4v) is 2.98. The first-order chi connectivity index (χ1) is 9.97. The molecule has 0 aromatic heterocycles. The van der Waals surface area contributed by atoms with Crippen molar-refractivity contribution in [1.29, 1.82) is 0 Å². The molecule has 0 spiro atoms. The van der Waals surface area contributed by atoms with Crippen LogP contribution in [-0.4, -0.2) is 29.4 Å². The van der Waals surface area contributed by atoms with Gasteiger partial charge >= 0.3 is 6.18 Å². The molecule has 0 aliphatic heterocycles. The summed E-state index contributed by atoms with van der Waals surface area (Å²) in [6, 6.07) is 3.94. The smallest absolute Gasteiger partial charge is 0.395 e. The van der Waals surface area contributed by atoms with Crippen molar-refractivity contribution in [2.75, 3.05) is 18.1 Å². The van der Waals surface area contributed by atoms with E-state index in [-0.39, 0.29) is 30.4 Å². The molecule has 1 aliphatic carbocycles. The summed E-state index contributed by atoms with van der Waals surface area (Å²) in [5.41, 5.74) is -0.406. The number of hydrogen-bond acceptors (Lipinski definition) is 3. The standard InChI is InChI=1S/C15H20F3NO2/c16-15(17,18)13-9-11(10-21)5-6-14(13)19(7-8-20)12-3-1-2-4-12/h5-6,9,12,20-21H,1-4,7-8,10H2. The van der Waals surface area contributed by atoms with E-state index in [9.17, 15) is 18.3 Å². The topological polar surface area (TPSA) is 43.7 Å². The molecule has 1 aromatic rings. The van der Waals surface area contributed by atoms with E-state index in [2.05, 4.69) is 0 Å². The molecule has 6 heteroatoms. The van der Waals surface area contributed by atoms with Gasteiger partial charge in [0.1, 0.15) is 0 Å². The maximum atomic E-state index is 13.3. The predicted octanol–water partition coefficient (Wildman–Crippen LogP) is 2.94. The van der Waals surface area contributed by atoms with Crippen molar-refractivity contribution in [1.82, 2.24) is 0 Å². The molecule has 1 fully saturated rings. The van der Waals surface area contributed by atoms with Gasteiger partial charge in [0.15, 0.2) is 0 Å². The van der Waals surface area contributed by atoms with Crippen LogP contribution in [0.1, 0.15) is 36.8 Å². The van der Waals surface area contributed by atoms with Crippen LogP contribution in [0.25, 0.3) is 0 Å². The van der Waals surface area contributed by atoms with Crippen LogP contribution in [-0.2, 0) is 12.8 Å². The van der Waals surface area contributed by atoms with Crippen LogP contribution in [0.5, 0.6) is 0 Å². The monoisotopic (exact) mass is 303 g/mol. The fourth-order valence-electron chi connectivity index (χ4n) is 2.98. The average molecular weight is 303 g/mol. The molecule has 21 heavy (non-hydrogen) atoms. The molecular weight excluding hydrogens is 283 g/mol. The van der Waals surface area contributed by atoms with Gasteiger partial charge in [-0.25, -0.2) is 0 Å². The van der Waals surface area contributed by atoms with Gasteiger partial charge in [-0.15, -0.1) is 0 Å². The van der Waals surface area contributed by atoms with E-state index in [1.54, 1.807) is 4.90 Å². The highest BCUT2D eigenvalue weighted by molar-refractivity contribution is 5.57. The van der Waals surface area contributed by atoms with Crippen molar-refractivity contribution in [2.45, 2.75) is 44.5 Å². The normalized spacial score (nSPS) is 16.4. The number of anilines is 1. The van der Waals surface area contributed by atoms with Crippen molar-refractivity contribution >= 4 is 5.69 Å². The number of hydrogen-bond donors (Lipinski definition) is 2. The molecule has 2 N–H and O–H groups in total. The summed E-state index contributed by atoms with van der Waals surface area (Å²) in [6.07, 6.45) is -0.781. The van der Waals surface area contributed by atoms with Crippen LogP contribution >= 0.6 is 0 Å². The third-order valence-corrected chi connectivity index (χ3v) is 3.96. The Hall–Kier alpha value is -1.27. The van der Waals surface area contributed by atoms with E-state index in [0.29, 0.717) is 0 Å². The van der Waals surface area contributed by atoms with Gasteiger partial charge in [0.05, 0.1) is 18.8 Å². The molecule has 1 aliphatic rings. The Morgan fingerprint density at radius 1 is 1.14 bits per heavy atom. The van der Waals surface area contributed by atoms with Crippen molar-refractivity contribution < 1.29 is 23.4 Å². The Morgan fingerprint density at radius 2 is 1.81 bits per heavy atom. The number of nitrogens with zero attached hydrogens (tertiary/aromatic N) is 1. The number of halogens is 3. The zero-order valence-electron chi connectivity index (χ0n) is 11.7. The Balaban J connectivity index is 2.43. The second-order valence-electron chi connectivity index (χ2n) is 5.36. The molecule has 0 saturated heterocycles. The lowest BCUT2D eigenvalue weighted by molar-refractivity contribution is -0.137. The minimum atomic E-state index is -4.48. The molecule has 118 valence electrons. The first-order valence-electron chi connectivity index (χ1n) is 7.16. The van der Waals surface area contributed by atoms with Gasteiger partial charge < -0.3 is 15.1 Å². The molecule has 0 atom stereocenters. The van der Waals surface area contributed by atoms with Crippen LogP contribution in [0.4, 0.5) is 18.9 Å². The molecule has 3 nitrogen and oxygen atoms in total. The van der Waals surface area contributed by atoms with E-state index < -0.39 is 18.3 Å². The molecule has 1 aromatic carbocycles. The summed E-state index contributed by atoms with van der Waals surface area (Å²) >= 11 is 0. The zero-order valence-corrected chi connectivity index (χ0v) is 11.7. The zero-order chi connectivity index (χ0) is 15.5. The summed E-state index contributed by atoms with van der Waals surface area (Å²) in [6.45, 7) is -0.422. The third kappa shape index (κ3) is 3.68. The number of benzene rings is 1. The first kappa shape index (κ1) is 16.1. The molecule has 0 bridgehead atoms. The maximum Gasteiger partial charge on any atom is 0.418 e. The van der Waals surface area contributed by atoms with Crippen molar-refractivity contribution in [3.8, 4) is 0 Å². The molecule has 1 saturated carbocycles. The van der Waals surface area contributed by atoms with Crippen LogP contribution in [0.3, 0.4) is 0 Å². The fraction of sp³-hybridized carbons (Fsp3) is 0.600. The lowest BCUT2D eigenvalue weighted by Gasteiger charge is -2.33. The number of aliphatic hydroxyl groups is 2. The molecule has 2 rings (SSSR count). The number of alkyl halides is 3. The Bertz CT molecular complexity index is 470. The van der Waals surface area contributed by atoms with Gasteiger partial charge in [-0.3, -0.25) is 0 Å². The van der Waals surface area contributed by atoms with Crippen molar-refractivity contribution in [2.24, 2.45) is 0 Å². The van der Waals surface area contributed by atoms with Crippen LogP contribution in [0.2, 0.25) is 0 Å². The van der Waals surface area contributed by atoms with Gasteiger partial charge in [-0.1, -0.05) is 18.9 Å². The van der Waals surface area contributed by atoms with Crippen molar-refractivity contribution in [3.63, 3.8) is 0 Å². The second-order valence-corrected chi connectivity index (χ2v) is 5.36. The first-order valence-corrected chi connectivity index (χ1v) is 7.16. The number of aliphatic hydroxyl groups excluding tert-OH is 2. The second kappa shape index (κ2) is 6.66. The molecule has 0 unspecified atom stereocenters. The van der Waals surface area contributed by atoms with E-state index in [4.69, 9.17) is 5.11 Å². The van der Waals surface area contributed by atoms with E-state index >= 15 is 0 Å². The molecule has 0 radical (unpaired) electrons. The number of rotatable bonds is 5. The van der Waals surface area contributed by atoms with Crippen LogP contribution in [0.15, 0.2) is 18.2 Å². The van der Waals surface area contributed by atoms with Crippen LogP contribution in [0, 0.1) is 0 Å². The van der Waals surface area contributed by atoms with Crippen LogP contribution < -0.4 is 4.90 Å². The third-order valence-electron chi connectivity index (χ3n) is 3.96. The lowest BCUT2D eigenvalue weighted by Crippen LogP contribution is -2.37. The summed E-state index contributed by atoms with van der Waals surface area (Å²) in [5.74, 6) is 0. The Morgan fingerprint density at radius 3 is 2.33 bits per heavy atom. The van der Waals surface area contributed by atoms with Gasteiger partial charge in [0.2, 0.25) is 0 Å². The minimum Gasteiger partial charge on any atom is -0.395 e. The largest absolute Gasteiger partial charge is 0.418 e. The summed E-state index contributed by atoms with van der Waals surface area (Å²) in [4.78, 5) is 1.66. The predicted molar refractivity (Wildman–Crippen MR) is 74.1 cm³/mol. The highest BCUT2D eigenvalue weighted by atomic mass is 19.4. The van der Waals surface area contributed by atoms with Gasteiger partial charge in [0.25, 0.3) is 0 Å². The molecular formula is C15H20F3NO2. The Labute approximate surface area is 122 Å². The van der Waals surface area contributed by atoms with Crippen molar-refractivity contribution in [3.05, 3.63) is 29.3 Å². The van der Waals surface area contributed by atoms with Gasteiger partial charge in [-0.2, -0.15) is 13.2 Å². The summed E-state index contributed by atoms with van der Waals surface area (Å²) in [7, 11) is 0. The Kier molecular flexibility index (Phi) is 5.11. The highest BCUT2D eigenvalue weighted by Gasteiger charge is 2.36. The summed E-state index contributed by atoms with van der Waals surface area (Å²) in [5, 5.41) is 18.2. The lowest BCUT2D eigenvalue weighted by atomic mass is 10.0. The van der Waals surface area contributed by atoms with Gasteiger partial charge in [0, 0.05) is 18.3 Å². The maximum absolute atomic E-state index is 13.3. The molecule has 0 heterocycles. The summed E-state index contributed by atoms with van der Waals surface area (Å²) < 4.78 is 39.8. The molecule has 0 amide bonds. The highest BCUT2D eigenvalue weighted by Crippen LogP contribution is 2.39. The van der Waals surface area contributed by atoms with E-state index in [1.165, 1.54) is 12.1 Å². The SMILES string of the molecule is OCCN(c1ccc(CO)cc1C(F)(F)F)C1CCCC1. The average Bonchev–Trinajstić information content (AvgIpc) is 2.97. The van der Waals surface area contributed by atoms with E-state index in [0.717, 1.165) is 31.7 Å². The quantitative estimate of drug-likeness (QED) is 0.879. The van der Waals surface area contributed by atoms with Gasteiger partial charge in [-0.05, 0) is 30.5 Å².